The first-order chi connectivity index (χ1) is 7.45. The van der Waals surface area contributed by atoms with Gasteiger partial charge in [-0.1, -0.05) is 0 Å². The number of carbonyl (C=O) groups excluding carboxylic acids is 1. The quantitative estimate of drug-likeness (QED) is 0.627. The Labute approximate surface area is 92.4 Å². The topological polar surface area (TPSA) is 81.5 Å². The van der Waals surface area contributed by atoms with Gasteiger partial charge in [-0.3, -0.25) is 14.9 Å². The van der Waals surface area contributed by atoms with Gasteiger partial charge in [0, 0.05) is 6.92 Å². The lowest BCUT2D eigenvalue weighted by molar-refractivity contribution is -0.384. The summed E-state index contributed by atoms with van der Waals surface area (Å²) in [5.74, 6) is 0.0634. The molecule has 6 heteroatoms. The second kappa shape index (κ2) is 4.61. The maximum absolute atomic E-state index is 10.9. The van der Waals surface area contributed by atoms with Crippen molar-refractivity contribution in [3.63, 3.8) is 0 Å². The Kier molecular flexibility index (Phi) is 3.44. The Morgan fingerprint density at radius 1 is 1.50 bits per heavy atom. The van der Waals surface area contributed by atoms with E-state index in [9.17, 15) is 14.9 Å². The zero-order chi connectivity index (χ0) is 12.3. The highest BCUT2D eigenvalue weighted by atomic mass is 16.6. The average Bonchev–Trinajstić information content (AvgIpc) is 2.16. The number of benzene rings is 1. The number of hydrogen-bond donors (Lipinski definition) is 1. The smallest absolute Gasteiger partial charge is 0.296 e. The van der Waals surface area contributed by atoms with Gasteiger partial charge in [-0.15, -0.1) is 0 Å². The van der Waals surface area contributed by atoms with Crippen molar-refractivity contribution in [1.29, 1.82) is 0 Å². The number of ether oxygens (including phenoxy) is 1. The van der Waals surface area contributed by atoms with Crippen LogP contribution < -0.4 is 10.1 Å². The van der Waals surface area contributed by atoms with Crippen LogP contribution in [-0.4, -0.2) is 17.9 Å². The standard InChI is InChI=1S/C10H12N2O4/c1-6-4-8(11-7(2)13)9(12(14)15)5-10(6)16-3/h4-5H,1-3H3,(H,11,13). The summed E-state index contributed by atoms with van der Waals surface area (Å²) in [6.45, 7) is 3.04. The molecule has 0 heterocycles. The van der Waals surface area contributed by atoms with Crippen molar-refractivity contribution in [2.75, 3.05) is 12.4 Å². The fourth-order valence-corrected chi connectivity index (χ4v) is 1.34. The molecule has 1 N–H and O–H groups in total. The third kappa shape index (κ3) is 2.47. The van der Waals surface area contributed by atoms with Crippen molar-refractivity contribution in [3.8, 4) is 5.75 Å². The Morgan fingerprint density at radius 2 is 2.12 bits per heavy atom. The van der Waals surface area contributed by atoms with Gasteiger partial charge < -0.3 is 10.1 Å². The number of rotatable bonds is 3. The fourth-order valence-electron chi connectivity index (χ4n) is 1.34. The van der Waals surface area contributed by atoms with E-state index in [-0.39, 0.29) is 17.3 Å². The zero-order valence-corrected chi connectivity index (χ0v) is 9.23. The van der Waals surface area contributed by atoms with Crippen molar-refractivity contribution in [1.82, 2.24) is 0 Å². The van der Waals surface area contributed by atoms with Gasteiger partial charge in [-0.05, 0) is 18.6 Å². The Balaban J connectivity index is 3.30. The number of anilines is 1. The largest absolute Gasteiger partial charge is 0.496 e. The molecule has 86 valence electrons. The van der Waals surface area contributed by atoms with Crippen LogP contribution in [0.25, 0.3) is 0 Å². The van der Waals surface area contributed by atoms with Crippen molar-refractivity contribution in [3.05, 3.63) is 27.8 Å². The van der Waals surface area contributed by atoms with E-state index < -0.39 is 4.92 Å². The minimum absolute atomic E-state index is 0.177. The van der Waals surface area contributed by atoms with Crippen LogP contribution in [0.15, 0.2) is 12.1 Å². The Bertz CT molecular complexity index is 443. The van der Waals surface area contributed by atoms with Crippen molar-refractivity contribution in [2.24, 2.45) is 0 Å². The SMILES string of the molecule is COc1cc([N+](=O)[O-])c(NC(C)=O)cc1C. The number of carbonyl (C=O) groups is 1. The highest BCUT2D eigenvalue weighted by Gasteiger charge is 2.17. The van der Waals surface area contributed by atoms with Crippen LogP contribution in [-0.2, 0) is 4.79 Å². The highest BCUT2D eigenvalue weighted by Crippen LogP contribution is 2.32. The molecule has 0 aromatic heterocycles. The number of nitro benzene ring substituents is 1. The lowest BCUT2D eigenvalue weighted by atomic mass is 10.1. The van der Waals surface area contributed by atoms with Crippen LogP contribution >= 0.6 is 0 Å². The number of aryl methyl sites for hydroxylation is 1. The van der Waals surface area contributed by atoms with E-state index in [1.54, 1.807) is 6.92 Å². The molecule has 0 fully saturated rings. The summed E-state index contributed by atoms with van der Waals surface area (Å²) in [5, 5.41) is 13.2. The normalized spacial score (nSPS) is 9.69. The third-order valence-corrected chi connectivity index (χ3v) is 2.02. The van der Waals surface area contributed by atoms with E-state index in [2.05, 4.69) is 5.32 Å². The molecule has 0 atom stereocenters. The third-order valence-electron chi connectivity index (χ3n) is 2.02. The summed E-state index contributed by atoms with van der Waals surface area (Å²) in [7, 11) is 1.43. The summed E-state index contributed by atoms with van der Waals surface area (Å²) in [4.78, 5) is 21.1. The molecular formula is C10H12N2O4. The second-order valence-corrected chi connectivity index (χ2v) is 3.28. The molecule has 0 aliphatic heterocycles. The van der Waals surface area contributed by atoms with Crippen LogP contribution in [0.3, 0.4) is 0 Å². The van der Waals surface area contributed by atoms with Gasteiger partial charge in [-0.2, -0.15) is 0 Å². The zero-order valence-electron chi connectivity index (χ0n) is 9.23. The fraction of sp³-hybridized carbons (Fsp3) is 0.300. The van der Waals surface area contributed by atoms with Crippen LogP contribution in [0.2, 0.25) is 0 Å². The van der Waals surface area contributed by atoms with E-state index in [0.717, 1.165) is 5.56 Å². The van der Waals surface area contributed by atoms with Crippen molar-refractivity contribution < 1.29 is 14.5 Å². The molecular weight excluding hydrogens is 212 g/mol. The predicted molar refractivity (Wildman–Crippen MR) is 58.7 cm³/mol. The molecule has 0 aliphatic carbocycles. The van der Waals surface area contributed by atoms with Gasteiger partial charge >= 0.3 is 0 Å². The number of nitrogens with zero attached hydrogens (tertiary/aromatic N) is 1. The number of nitrogens with one attached hydrogen (secondary N) is 1. The predicted octanol–water partition coefficient (Wildman–Crippen LogP) is 1.87. The van der Waals surface area contributed by atoms with Gasteiger partial charge in [0.1, 0.15) is 11.4 Å². The van der Waals surface area contributed by atoms with Gasteiger partial charge in [0.05, 0.1) is 18.1 Å². The molecule has 0 radical (unpaired) electrons. The molecule has 0 saturated heterocycles. The molecule has 0 unspecified atom stereocenters. The van der Waals surface area contributed by atoms with Gasteiger partial charge in [0.15, 0.2) is 0 Å². The van der Waals surface area contributed by atoms with Gasteiger partial charge in [-0.25, -0.2) is 0 Å². The highest BCUT2D eigenvalue weighted by molar-refractivity contribution is 5.91. The van der Waals surface area contributed by atoms with Crippen LogP contribution in [0.4, 0.5) is 11.4 Å². The first kappa shape index (κ1) is 12.0. The van der Waals surface area contributed by atoms with E-state index in [0.29, 0.717) is 5.75 Å². The summed E-state index contributed by atoms with van der Waals surface area (Å²) >= 11 is 0. The van der Waals surface area contributed by atoms with Crippen LogP contribution in [0.5, 0.6) is 5.75 Å². The Morgan fingerprint density at radius 3 is 2.56 bits per heavy atom. The number of amides is 1. The molecule has 0 aliphatic rings. The summed E-state index contributed by atoms with van der Waals surface area (Å²) in [5.41, 5.74) is 0.713. The number of methoxy groups -OCH3 is 1. The monoisotopic (exact) mass is 224 g/mol. The maximum Gasteiger partial charge on any atom is 0.296 e. The molecule has 0 saturated carbocycles. The Hall–Kier alpha value is -2.11. The average molecular weight is 224 g/mol. The summed E-state index contributed by atoms with van der Waals surface area (Å²) < 4.78 is 4.98. The minimum Gasteiger partial charge on any atom is -0.496 e. The summed E-state index contributed by atoms with van der Waals surface area (Å²) in [6.07, 6.45) is 0. The minimum atomic E-state index is -0.562. The van der Waals surface area contributed by atoms with E-state index >= 15 is 0 Å². The van der Waals surface area contributed by atoms with E-state index in [1.165, 1.54) is 26.2 Å². The van der Waals surface area contributed by atoms with E-state index in [4.69, 9.17) is 4.74 Å². The molecule has 1 amide bonds. The summed E-state index contributed by atoms with van der Waals surface area (Å²) in [6, 6.07) is 2.80. The first-order valence-electron chi connectivity index (χ1n) is 4.56. The first-order valence-corrected chi connectivity index (χ1v) is 4.56. The molecule has 0 spiro atoms. The molecule has 6 nitrogen and oxygen atoms in total. The molecule has 1 aromatic carbocycles. The lowest BCUT2D eigenvalue weighted by Gasteiger charge is -2.08. The van der Waals surface area contributed by atoms with Gasteiger partial charge in [0.2, 0.25) is 5.91 Å². The van der Waals surface area contributed by atoms with Crippen LogP contribution in [0, 0.1) is 17.0 Å². The second-order valence-electron chi connectivity index (χ2n) is 3.28. The van der Waals surface area contributed by atoms with Crippen LogP contribution in [0.1, 0.15) is 12.5 Å². The molecule has 1 aromatic rings. The van der Waals surface area contributed by atoms with E-state index in [1.807, 2.05) is 0 Å². The van der Waals surface area contributed by atoms with Crippen molar-refractivity contribution >= 4 is 17.3 Å². The molecule has 16 heavy (non-hydrogen) atoms. The number of hydrogen-bond acceptors (Lipinski definition) is 4. The molecule has 1 rings (SSSR count). The lowest BCUT2D eigenvalue weighted by Crippen LogP contribution is -2.08. The van der Waals surface area contributed by atoms with Crippen molar-refractivity contribution in [2.45, 2.75) is 13.8 Å². The molecule has 0 bridgehead atoms. The number of nitro groups is 1. The van der Waals surface area contributed by atoms with Gasteiger partial charge in [0.25, 0.3) is 5.69 Å². The maximum atomic E-state index is 10.9.